The molecule has 0 bridgehead atoms. The van der Waals surface area contributed by atoms with E-state index >= 15 is 0 Å². The minimum atomic E-state index is -4.10. The van der Waals surface area contributed by atoms with Gasteiger partial charge in [0.15, 0.2) is 0 Å². The zero-order chi connectivity index (χ0) is 15.5. The van der Waals surface area contributed by atoms with E-state index < -0.39 is 12.1 Å². The number of hydrogen-bond donors (Lipinski definition) is 1. The molecule has 1 unspecified atom stereocenters. The fraction of sp³-hybridized carbons (Fsp3) is 0.933. The molecule has 2 fully saturated rings. The highest BCUT2D eigenvalue weighted by Crippen LogP contribution is 2.39. The van der Waals surface area contributed by atoms with Crippen LogP contribution in [0.5, 0.6) is 0 Å². The highest BCUT2D eigenvalue weighted by atomic mass is 19.4. The van der Waals surface area contributed by atoms with Crippen molar-refractivity contribution >= 4 is 5.91 Å². The molecule has 1 aliphatic carbocycles. The number of nitrogens with zero attached hydrogens (tertiary/aromatic N) is 1. The maximum Gasteiger partial charge on any atom is 0.391 e. The Balaban J connectivity index is 1.78. The molecule has 0 aromatic carbocycles. The monoisotopic (exact) mass is 306 g/mol. The predicted octanol–water partition coefficient (Wildman–Crippen LogP) is 2.81. The first kappa shape index (κ1) is 16.6. The van der Waals surface area contributed by atoms with E-state index in [-0.39, 0.29) is 24.7 Å². The molecule has 21 heavy (non-hydrogen) atoms. The van der Waals surface area contributed by atoms with Gasteiger partial charge in [0, 0.05) is 19.5 Å². The number of halogens is 3. The molecule has 0 aromatic rings. The maximum absolute atomic E-state index is 12.6. The molecule has 1 N–H and O–H groups in total. The van der Waals surface area contributed by atoms with E-state index in [2.05, 4.69) is 5.32 Å². The van der Waals surface area contributed by atoms with Gasteiger partial charge < -0.3 is 10.2 Å². The summed E-state index contributed by atoms with van der Waals surface area (Å²) in [6.07, 6.45) is -0.924. The van der Waals surface area contributed by atoms with E-state index in [9.17, 15) is 18.0 Å². The first-order valence-corrected chi connectivity index (χ1v) is 7.90. The van der Waals surface area contributed by atoms with Gasteiger partial charge in [0.05, 0.1) is 5.92 Å². The molecular weight excluding hydrogens is 281 g/mol. The summed E-state index contributed by atoms with van der Waals surface area (Å²) in [6, 6.07) is 0. The predicted molar refractivity (Wildman–Crippen MR) is 74.7 cm³/mol. The van der Waals surface area contributed by atoms with Gasteiger partial charge in [-0.1, -0.05) is 0 Å². The highest BCUT2D eigenvalue weighted by molar-refractivity contribution is 5.78. The van der Waals surface area contributed by atoms with E-state index in [0.717, 1.165) is 25.9 Å². The molecule has 2 rings (SSSR count). The quantitative estimate of drug-likeness (QED) is 0.869. The second kappa shape index (κ2) is 6.99. The van der Waals surface area contributed by atoms with Crippen molar-refractivity contribution in [2.24, 2.45) is 17.8 Å². The van der Waals surface area contributed by atoms with E-state index in [1.54, 1.807) is 11.9 Å². The SMILES string of the molecule is CN(CC1CCCNC1)C(=O)C1CCC(C(F)(F)F)CC1. The highest BCUT2D eigenvalue weighted by Gasteiger charge is 2.42. The molecule has 0 spiro atoms. The van der Waals surface area contributed by atoms with Crippen molar-refractivity contribution in [3.63, 3.8) is 0 Å². The van der Waals surface area contributed by atoms with Gasteiger partial charge in [-0.3, -0.25) is 4.79 Å². The molecule has 2 aliphatic rings. The minimum Gasteiger partial charge on any atom is -0.345 e. The number of alkyl halides is 3. The van der Waals surface area contributed by atoms with Crippen LogP contribution in [0.1, 0.15) is 38.5 Å². The van der Waals surface area contributed by atoms with Crippen molar-refractivity contribution in [2.75, 3.05) is 26.7 Å². The van der Waals surface area contributed by atoms with Gasteiger partial charge in [-0.25, -0.2) is 0 Å². The van der Waals surface area contributed by atoms with Crippen LogP contribution in [0.25, 0.3) is 0 Å². The summed E-state index contributed by atoms with van der Waals surface area (Å²) in [5.41, 5.74) is 0. The minimum absolute atomic E-state index is 0.0289. The van der Waals surface area contributed by atoms with Gasteiger partial charge >= 0.3 is 6.18 Å². The zero-order valence-corrected chi connectivity index (χ0v) is 12.6. The first-order chi connectivity index (χ1) is 9.88. The third kappa shape index (κ3) is 4.59. The van der Waals surface area contributed by atoms with Crippen molar-refractivity contribution in [1.82, 2.24) is 10.2 Å². The van der Waals surface area contributed by atoms with E-state index in [1.165, 1.54) is 0 Å². The molecule has 1 atom stereocenters. The third-order valence-electron chi connectivity index (χ3n) is 4.85. The van der Waals surface area contributed by atoms with Crippen molar-refractivity contribution in [2.45, 2.75) is 44.7 Å². The van der Waals surface area contributed by atoms with Crippen molar-refractivity contribution in [3.05, 3.63) is 0 Å². The summed E-state index contributed by atoms with van der Waals surface area (Å²) in [4.78, 5) is 14.1. The van der Waals surface area contributed by atoms with Gasteiger partial charge in [-0.15, -0.1) is 0 Å². The van der Waals surface area contributed by atoms with Crippen LogP contribution in [0.4, 0.5) is 13.2 Å². The first-order valence-electron chi connectivity index (χ1n) is 7.90. The third-order valence-corrected chi connectivity index (χ3v) is 4.85. The average Bonchev–Trinajstić information content (AvgIpc) is 2.46. The van der Waals surface area contributed by atoms with Crippen molar-refractivity contribution in [3.8, 4) is 0 Å². The van der Waals surface area contributed by atoms with Gasteiger partial charge in [0.2, 0.25) is 5.91 Å². The van der Waals surface area contributed by atoms with Crippen LogP contribution in [0, 0.1) is 17.8 Å². The van der Waals surface area contributed by atoms with Crippen LogP contribution in [0.15, 0.2) is 0 Å². The summed E-state index contributed by atoms with van der Waals surface area (Å²) < 4.78 is 37.9. The molecule has 1 saturated carbocycles. The molecule has 122 valence electrons. The Labute approximate surface area is 124 Å². The Kier molecular flexibility index (Phi) is 5.52. The van der Waals surface area contributed by atoms with Crippen LogP contribution in [0.2, 0.25) is 0 Å². The van der Waals surface area contributed by atoms with E-state index in [0.29, 0.717) is 25.3 Å². The maximum atomic E-state index is 12.6. The molecule has 0 radical (unpaired) electrons. The summed E-state index contributed by atoms with van der Waals surface area (Å²) >= 11 is 0. The normalized spacial score (nSPS) is 31.0. The largest absolute Gasteiger partial charge is 0.391 e. The van der Waals surface area contributed by atoms with Crippen LogP contribution in [0.3, 0.4) is 0 Å². The Morgan fingerprint density at radius 1 is 1.19 bits per heavy atom. The summed E-state index contributed by atoms with van der Waals surface area (Å²) in [6.45, 7) is 2.68. The summed E-state index contributed by atoms with van der Waals surface area (Å²) in [5, 5.41) is 3.32. The van der Waals surface area contributed by atoms with Crippen LogP contribution in [-0.4, -0.2) is 43.7 Å². The second-order valence-electron chi connectivity index (χ2n) is 6.52. The standard InChI is InChI=1S/C15H25F3N2O/c1-20(10-11-3-2-8-19-9-11)14(21)12-4-6-13(7-5-12)15(16,17)18/h11-13,19H,2-10H2,1H3. The summed E-state index contributed by atoms with van der Waals surface area (Å²) in [7, 11) is 1.78. The number of nitrogens with one attached hydrogen (secondary N) is 1. The van der Waals surface area contributed by atoms with Gasteiger partial charge in [-0.05, 0) is 57.5 Å². The number of amides is 1. The Morgan fingerprint density at radius 2 is 1.86 bits per heavy atom. The number of hydrogen-bond acceptors (Lipinski definition) is 2. The second-order valence-corrected chi connectivity index (χ2v) is 6.52. The molecule has 1 saturated heterocycles. The van der Waals surface area contributed by atoms with Crippen LogP contribution in [-0.2, 0) is 4.79 Å². The molecule has 0 aromatic heterocycles. The molecule has 6 heteroatoms. The number of carbonyl (C=O) groups excluding carboxylic acids is 1. The van der Waals surface area contributed by atoms with Crippen molar-refractivity contribution in [1.29, 1.82) is 0 Å². The molecule has 1 amide bonds. The lowest BCUT2D eigenvalue weighted by Crippen LogP contribution is -2.42. The molecular formula is C15H25F3N2O. The fourth-order valence-corrected chi connectivity index (χ4v) is 3.54. The molecule has 1 aliphatic heterocycles. The average molecular weight is 306 g/mol. The molecule has 1 heterocycles. The van der Waals surface area contributed by atoms with Crippen molar-refractivity contribution < 1.29 is 18.0 Å². The smallest absolute Gasteiger partial charge is 0.345 e. The number of rotatable bonds is 3. The van der Waals surface area contributed by atoms with Crippen LogP contribution < -0.4 is 5.32 Å². The van der Waals surface area contributed by atoms with Crippen LogP contribution >= 0.6 is 0 Å². The van der Waals surface area contributed by atoms with E-state index in [1.807, 2.05) is 0 Å². The lowest BCUT2D eigenvalue weighted by Gasteiger charge is -2.33. The van der Waals surface area contributed by atoms with Gasteiger partial charge in [0.1, 0.15) is 0 Å². The number of carbonyl (C=O) groups is 1. The van der Waals surface area contributed by atoms with Gasteiger partial charge in [0.25, 0.3) is 0 Å². The lowest BCUT2D eigenvalue weighted by atomic mass is 9.81. The summed E-state index contributed by atoms with van der Waals surface area (Å²) in [5.74, 6) is -0.931. The Bertz CT molecular complexity index is 345. The lowest BCUT2D eigenvalue weighted by molar-refractivity contribution is -0.185. The molecule has 3 nitrogen and oxygen atoms in total. The van der Waals surface area contributed by atoms with E-state index in [4.69, 9.17) is 0 Å². The Morgan fingerprint density at radius 3 is 2.38 bits per heavy atom. The fourth-order valence-electron chi connectivity index (χ4n) is 3.54. The Hall–Kier alpha value is -0.780. The topological polar surface area (TPSA) is 32.3 Å². The zero-order valence-electron chi connectivity index (χ0n) is 12.6. The van der Waals surface area contributed by atoms with Gasteiger partial charge in [-0.2, -0.15) is 13.2 Å². The number of piperidine rings is 1.